The summed E-state index contributed by atoms with van der Waals surface area (Å²) >= 11 is 4.78. The number of ether oxygens (including phenoxy) is 1. The molecule has 1 unspecified atom stereocenters. The van der Waals surface area contributed by atoms with Gasteiger partial charge in [-0.15, -0.1) is 0 Å². The Labute approximate surface area is 171 Å². The van der Waals surface area contributed by atoms with Crippen LogP contribution >= 0.6 is 0 Å². The first-order valence-electron chi connectivity index (χ1n) is 8.76. The molecule has 146 valence electrons. The van der Waals surface area contributed by atoms with Crippen LogP contribution in [0.1, 0.15) is 24.5 Å². The average molecular weight is 409 g/mol. The number of oxazole rings is 1. The maximum Gasteiger partial charge on any atom is 0.235 e. The van der Waals surface area contributed by atoms with Crippen molar-refractivity contribution in [1.82, 2.24) is 15.0 Å². The second-order valence-corrected chi connectivity index (χ2v) is 6.55. The zero-order valence-corrected chi connectivity index (χ0v) is 16.4. The third-order valence-corrected chi connectivity index (χ3v) is 4.54. The highest BCUT2D eigenvalue weighted by Crippen LogP contribution is 2.35. The van der Waals surface area contributed by atoms with E-state index in [-0.39, 0.29) is 0 Å². The Morgan fingerprint density at radius 3 is 2.83 bits per heavy atom. The molecule has 7 nitrogen and oxygen atoms in total. The Kier molecular flexibility index (Phi) is 5.13. The Morgan fingerprint density at radius 2 is 2.07 bits per heavy atom. The summed E-state index contributed by atoms with van der Waals surface area (Å²) in [5.74, 6) is 0.829. The summed E-state index contributed by atoms with van der Waals surface area (Å²) in [6.45, 7) is 3.69. The van der Waals surface area contributed by atoms with Crippen molar-refractivity contribution in [3.05, 3.63) is 66.4 Å². The SMILES string of the molecule is Cc1cc(N=S)cc2ncnc(Nc3ccc(F)cc3OC(C)c3ncco3)c12. The molecule has 0 saturated carbocycles. The van der Waals surface area contributed by atoms with Crippen LogP contribution in [-0.4, -0.2) is 15.0 Å². The summed E-state index contributed by atoms with van der Waals surface area (Å²) in [5.41, 5.74) is 2.80. The number of nitrogens with zero attached hydrogens (tertiary/aromatic N) is 4. The summed E-state index contributed by atoms with van der Waals surface area (Å²) in [6, 6.07) is 7.87. The molecule has 0 spiro atoms. The maximum atomic E-state index is 13.9. The number of benzene rings is 2. The zero-order valence-electron chi connectivity index (χ0n) is 15.6. The van der Waals surface area contributed by atoms with Crippen molar-refractivity contribution >= 4 is 40.5 Å². The zero-order chi connectivity index (χ0) is 20.4. The molecule has 2 aromatic heterocycles. The van der Waals surface area contributed by atoms with Crippen LogP contribution < -0.4 is 10.1 Å². The molecule has 4 aromatic rings. The molecule has 29 heavy (non-hydrogen) atoms. The second-order valence-electron chi connectivity index (χ2n) is 6.37. The van der Waals surface area contributed by atoms with E-state index in [0.717, 1.165) is 10.9 Å². The first kappa shape index (κ1) is 18.9. The Hall–Kier alpha value is -3.46. The van der Waals surface area contributed by atoms with Crippen LogP contribution in [0.3, 0.4) is 0 Å². The molecule has 0 saturated heterocycles. The maximum absolute atomic E-state index is 13.9. The fourth-order valence-electron chi connectivity index (χ4n) is 3.02. The smallest absolute Gasteiger partial charge is 0.235 e. The molecule has 4 rings (SSSR count). The van der Waals surface area contributed by atoms with Crippen molar-refractivity contribution in [3.8, 4) is 5.75 Å². The molecule has 0 radical (unpaired) electrons. The summed E-state index contributed by atoms with van der Waals surface area (Å²) in [4.78, 5) is 12.7. The van der Waals surface area contributed by atoms with Crippen molar-refractivity contribution in [2.24, 2.45) is 4.36 Å². The predicted molar refractivity (Wildman–Crippen MR) is 109 cm³/mol. The van der Waals surface area contributed by atoms with Crippen molar-refractivity contribution in [2.75, 3.05) is 5.32 Å². The molecule has 2 heterocycles. The molecule has 1 N–H and O–H groups in total. The van der Waals surface area contributed by atoms with Crippen LogP contribution in [0.5, 0.6) is 5.75 Å². The quantitative estimate of drug-likeness (QED) is 0.462. The van der Waals surface area contributed by atoms with Crippen molar-refractivity contribution < 1.29 is 13.5 Å². The van der Waals surface area contributed by atoms with E-state index in [1.54, 1.807) is 19.1 Å². The Balaban J connectivity index is 1.72. The van der Waals surface area contributed by atoms with Crippen LogP contribution in [0.2, 0.25) is 0 Å². The van der Waals surface area contributed by atoms with Crippen LogP contribution in [0.15, 0.2) is 57.9 Å². The lowest BCUT2D eigenvalue weighted by molar-refractivity contribution is 0.189. The molecule has 0 aliphatic heterocycles. The van der Waals surface area contributed by atoms with E-state index in [1.165, 1.54) is 30.9 Å². The normalized spacial score (nSPS) is 12.0. The van der Waals surface area contributed by atoms with Gasteiger partial charge in [0.2, 0.25) is 5.89 Å². The van der Waals surface area contributed by atoms with E-state index in [1.807, 2.05) is 13.0 Å². The molecule has 0 amide bonds. The third-order valence-electron chi connectivity index (χ3n) is 4.33. The van der Waals surface area contributed by atoms with Gasteiger partial charge in [0, 0.05) is 23.9 Å². The third kappa shape index (κ3) is 3.90. The number of anilines is 2. The number of fused-ring (bicyclic) bond motifs is 1. The molecular formula is C20H16FN5O2S. The van der Waals surface area contributed by atoms with Crippen LogP contribution in [0, 0.1) is 12.7 Å². The number of aryl methyl sites for hydroxylation is 1. The molecule has 9 heteroatoms. The molecule has 0 aliphatic rings. The summed E-state index contributed by atoms with van der Waals surface area (Å²) in [6.07, 6.45) is 3.92. The predicted octanol–water partition coefficient (Wildman–Crippen LogP) is 5.31. The second kappa shape index (κ2) is 7.88. The average Bonchev–Trinajstić information content (AvgIpc) is 3.25. The lowest BCUT2D eigenvalue weighted by Crippen LogP contribution is -2.06. The molecule has 2 aromatic carbocycles. The standard InChI is InChI=1S/C20H16FN5O2S/c1-11-7-14(26-29)9-16-18(11)19(24-10-23-16)25-15-4-3-13(21)8-17(15)28-12(2)20-22-5-6-27-20/h3-10,12H,1-2H3,(H,23,24,25). The van der Waals surface area contributed by atoms with Gasteiger partial charge in [-0.2, -0.15) is 4.36 Å². The van der Waals surface area contributed by atoms with Gasteiger partial charge in [-0.05, 0) is 43.7 Å². The first-order valence-corrected chi connectivity index (χ1v) is 9.13. The molecule has 0 fully saturated rings. The molecular weight excluding hydrogens is 393 g/mol. The van der Waals surface area contributed by atoms with Gasteiger partial charge >= 0.3 is 0 Å². The minimum atomic E-state index is -0.507. The lowest BCUT2D eigenvalue weighted by atomic mass is 10.1. The van der Waals surface area contributed by atoms with Crippen LogP contribution in [0.4, 0.5) is 21.6 Å². The minimum absolute atomic E-state index is 0.303. The van der Waals surface area contributed by atoms with E-state index >= 15 is 0 Å². The van der Waals surface area contributed by atoms with Gasteiger partial charge in [-0.25, -0.2) is 19.3 Å². The summed E-state index contributed by atoms with van der Waals surface area (Å²) in [7, 11) is 0. The van der Waals surface area contributed by atoms with E-state index < -0.39 is 11.9 Å². The van der Waals surface area contributed by atoms with E-state index in [2.05, 4.69) is 24.6 Å². The highest BCUT2D eigenvalue weighted by Gasteiger charge is 2.17. The van der Waals surface area contributed by atoms with Gasteiger partial charge in [0.25, 0.3) is 0 Å². The first-order chi connectivity index (χ1) is 14.0. The molecule has 0 bridgehead atoms. The van der Waals surface area contributed by atoms with E-state index in [4.69, 9.17) is 21.6 Å². The Morgan fingerprint density at radius 1 is 1.21 bits per heavy atom. The van der Waals surface area contributed by atoms with Gasteiger partial charge in [-0.1, -0.05) is 0 Å². The van der Waals surface area contributed by atoms with Gasteiger partial charge in [-0.3, -0.25) is 0 Å². The number of hydrogen-bond donors (Lipinski definition) is 1. The van der Waals surface area contributed by atoms with Crippen LogP contribution in [0.25, 0.3) is 10.9 Å². The number of nitrogens with one attached hydrogen (secondary N) is 1. The number of rotatable bonds is 6. The highest BCUT2D eigenvalue weighted by molar-refractivity contribution is 7.47. The molecule has 1 atom stereocenters. The summed E-state index contributed by atoms with van der Waals surface area (Å²) < 4.78 is 28.8. The lowest BCUT2D eigenvalue weighted by Gasteiger charge is -2.17. The number of hydrogen-bond acceptors (Lipinski definition) is 8. The van der Waals surface area contributed by atoms with Crippen LogP contribution in [-0.2, 0) is 12.4 Å². The number of halogens is 1. The molecule has 0 aliphatic carbocycles. The largest absolute Gasteiger partial charge is 0.479 e. The van der Waals surface area contributed by atoms with E-state index in [9.17, 15) is 4.39 Å². The van der Waals surface area contributed by atoms with Gasteiger partial charge in [0.05, 0.1) is 23.1 Å². The monoisotopic (exact) mass is 409 g/mol. The van der Waals surface area contributed by atoms with Crippen molar-refractivity contribution in [1.29, 1.82) is 0 Å². The fourth-order valence-corrected chi connectivity index (χ4v) is 3.13. The van der Waals surface area contributed by atoms with Gasteiger partial charge in [0.15, 0.2) is 6.10 Å². The summed E-state index contributed by atoms with van der Waals surface area (Å²) in [5, 5.41) is 4.03. The van der Waals surface area contributed by atoms with Gasteiger partial charge in [0.1, 0.15) is 30.0 Å². The topological polar surface area (TPSA) is 85.4 Å². The minimum Gasteiger partial charge on any atom is -0.479 e. The highest BCUT2D eigenvalue weighted by atomic mass is 32.1. The Bertz CT molecular complexity index is 1180. The van der Waals surface area contributed by atoms with Crippen molar-refractivity contribution in [3.63, 3.8) is 0 Å². The van der Waals surface area contributed by atoms with Crippen molar-refractivity contribution in [2.45, 2.75) is 20.0 Å². The number of aromatic nitrogens is 3. The van der Waals surface area contributed by atoms with Gasteiger partial charge < -0.3 is 14.5 Å². The fraction of sp³-hybridized carbons (Fsp3) is 0.150. The van der Waals surface area contributed by atoms with E-state index in [0.29, 0.717) is 34.3 Å².